The maximum absolute atomic E-state index is 12.4. The molecular weight excluding hydrogens is 209 g/mol. The normalized spacial score (nSPS) is 8.45. The van der Waals surface area contributed by atoms with Gasteiger partial charge >= 0.3 is 0 Å². The third-order valence-corrected chi connectivity index (χ3v) is 1.53. The van der Waals surface area contributed by atoms with Crippen molar-refractivity contribution < 1.29 is 4.39 Å². The van der Waals surface area contributed by atoms with E-state index in [9.17, 15) is 4.39 Å². The Morgan fingerprint density at radius 3 is 2.27 bits per heavy atom. The van der Waals surface area contributed by atoms with Crippen molar-refractivity contribution in [3.8, 4) is 0 Å². The minimum atomic E-state index is -0.449. The van der Waals surface area contributed by atoms with Crippen LogP contribution < -0.4 is 0 Å². The van der Waals surface area contributed by atoms with E-state index in [0.29, 0.717) is 10.2 Å². The van der Waals surface area contributed by atoms with Crippen LogP contribution in [-0.2, 0) is 0 Å². The molecule has 0 aliphatic heterocycles. The standard InChI is InChI=1S/C6H5BrFN.C2H6/c1-4-2-3-5(7)6(8)9-4;1-2/h2-3H,1H3;1-2H3. The van der Waals surface area contributed by atoms with Crippen LogP contribution in [0.25, 0.3) is 0 Å². The van der Waals surface area contributed by atoms with Crippen LogP contribution >= 0.6 is 15.9 Å². The average molecular weight is 220 g/mol. The quantitative estimate of drug-likeness (QED) is 0.611. The molecule has 0 bridgehead atoms. The Balaban J connectivity index is 0.000000461. The van der Waals surface area contributed by atoms with Crippen molar-refractivity contribution >= 4 is 15.9 Å². The summed E-state index contributed by atoms with van der Waals surface area (Å²) in [4.78, 5) is 3.56. The van der Waals surface area contributed by atoms with Gasteiger partial charge in [-0.25, -0.2) is 4.98 Å². The van der Waals surface area contributed by atoms with Crippen molar-refractivity contribution in [1.82, 2.24) is 4.98 Å². The fourth-order valence-corrected chi connectivity index (χ4v) is 0.729. The second-order valence-electron chi connectivity index (χ2n) is 1.73. The molecule has 0 aliphatic carbocycles. The number of halogens is 2. The van der Waals surface area contributed by atoms with Gasteiger partial charge in [0.1, 0.15) is 0 Å². The van der Waals surface area contributed by atoms with Gasteiger partial charge in [0.05, 0.1) is 4.47 Å². The highest BCUT2D eigenvalue weighted by molar-refractivity contribution is 9.10. The Hall–Kier alpha value is -0.440. The third kappa shape index (κ3) is 3.46. The van der Waals surface area contributed by atoms with Gasteiger partial charge in [-0.15, -0.1) is 0 Å². The zero-order valence-electron chi connectivity index (χ0n) is 6.86. The first kappa shape index (κ1) is 10.6. The number of pyridine rings is 1. The van der Waals surface area contributed by atoms with Gasteiger partial charge in [0, 0.05) is 5.69 Å². The summed E-state index contributed by atoms with van der Waals surface area (Å²) in [6, 6.07) is 3.38. The van der Waals surface area contributed by atoms with E-state index in [4.69, 9.17) is 0 Å². The molecule has 0 fully saturated rings. The van der Waals surface area contributed by atoms with E-state index in [2.05, 4.69) is 20.9 Å². The maximum atomic E-state index is 12.4. The zero-order chi connectivity index (χ0) is 8.85. The summed E-state index contributed by atoms with van der Waals surface area (Å²) in [7, 11) is 0. The number of aromatic nitrogens is 1. The molecule has 62 valence electrons. The van der Waals surface area contributed by atoms with Crippen LogP contribution in [-0.4, -0.2) is 4.98 Å². The van der Waals surface area contributed by atoms with Gasteiger partial charge < -0.3 is 0 Å². The largest absolute Gasteiger partial charge is 0.227 e. The molecule has 0 spiro atoms. The molecule has 1 rings (SSSR count). The summed E-state index contributed by atoms with van der Waals surface area (Å²) in [5.41, 5.74) is 0.690. The maximum Gasteiger partial charge on any atom is 0.227 e. The highest BCUT2D eigenvalue weighted by atomic mass is 79.9. The van der Waals surface area contributed by atoms with E-state index >= 15 is 0 Å². The van der Waals surface area contributed by atoms with Crippen LogP contribution in [0.5, 0.6) is 0 Å². The predicted molar refractivity (Wildman–Crippen MR) is 48.0 cm³/mol. The van der Waals surface area contributed by atoms with Crippen molar-refractivity contribution in [1.29, 1.82) is 0 Å². The van der Waals surface area contributed by atoms with Gasteiger partial charge in [-0.3, -0.25) is 0 Å². The van der Waals surface area contributed by atoms with Gasteiger partial charge in [0.15, 0.2) is 0 Å². The van der Waals surface area contributed by atoms with Crippen molar-refractivity contribution in [2.75, 3.05) is 0 Å². The second-order valence-corrected chi connectivity index (χ2v) is 2.58. The topological polar surface area (TPSA) is 12.9 Å². The van der Waals surface area contributed by atoms with E-state index in [1.54, 1.807) is 19.1 Å². The Bertz CT molecular complexity index is 225. The molecule has 0 N–H and O–H groups in total. The molecule has 1 aromatic heterocycles. The number of hydrogen-bond donors (Lipinski definition) is 0. The Kier molecular flexibility index (Phi) is 5.03. The molecule has 11 heavy (non-hydrogen) atoms. The first-order valence-corrected chi connectivity index (χ1v) is 4.28. The Morgan fingerprint density at radius 2 is 1.91 bits per heavy atom. The Morgan fingerprint density at radius 1 is 1.36 bits per heavy atom. The molecule has 0 saturated heterocycles. The summed E-state index contributed by atoms with van der Waals surface area (Å²) in [6.07, 6.45) is 0. The lowest BCUT2D eigenvalue weighted by Crippen LogP contribution is -1.85. The first-order chi connectivity index (χ1) is 5.20. The first-order valence-electron chi connectivity index (χ1n) is 3.49. The summed E-state index contributed by atoms with van der Waals surface area (Å²) in [5, 5.41) is 0. The number of nitrogens with zero attached hydrogens (tertiary/aromatic N) is 1. The van der Waals surface area contributed by atoms with Crippen molar-refractivity contribution in [2.45, 2.75) is 20.8 Å². The second kappa shape index (κ2) is 5.24. The van der Waals surface area contributed by atoms with Crippen LogP contribution in [0.2, 0.25) is 0 Å². The fraction of sp³-hybridized carbons (Fsp3) is 0.375. The summed E-state index contributed by atoms with van der Waals surface area (Å²) < 4.78 is 12.8. The minimum absolute atomic E-state index is 0.410. The highest BCUT2D eigenvalue weighted by Gasteiger charge is 1.96. The van der Waals surface area contributed by atoms with Gasteiger partial charge in [0.25, 0.3) is 0 Å². The van der Waals surface area contributed by atoms with Gasteiger partial charge in [-0.1, -0.05) is 13.8 Å². The lowest BCUT2D eigenvalue weighted by molar-refractivity contribution is 0.573. The van der Waals surface area contributed by atoms with Crippen LogP contribution in [0.15, 0.2) is 16.6 Å². The van der Waals surface area contributed by atoms with E-state index < -0.39 is 5.95 Å². The van der Waals surface area contributed by atoms with E-state index in [1.165, 1.54) is 0 Å². The van der Waals surface area contributed by atoms with E-state index in [-0.39, 0.29) is 0 Å². The van der Waals surface area contributed by atoms with E-state index in [0.717, 1.165) is 0 Å². The van der Waals surface area contributed by atoms with Gasteiger partial charge in [0.2, 0.25) is 5.95 Å². The minimum Gasteiger partial charge on any atom is -0.224 e. The predicted octanol–water partition coefficient (Wildman–Crippen LogP) is 3.32. The van der Waals surface area contributed by atoms with Crippen LogP contribution in [0.3, 0.4) is 0 Å². The van der Waals surface area contributed by atoms with Crippen molar-refractivity contribution in [3.63, 3.8) is 0 Å². The van der Waals surface area contributed by atoms with Crippen LogP contribution in [0.4, 0.5) is 4.39 Å². The van der Waals surface area contributed by atoms with Crippen LogP contribution in [0.1, 0.15) is 19.5 Å². The fourth-order valence-electron chi connectivity index (χ4n) is 0.508. The number of rotatable bonds is 0. The molecular formula is C8H11BrFN. The molecule has 1 nitrogen and oxygen atoms in total. The SMILES string of the molecule is CC.Cc1ccc(Br)c(F)n1. The summed E-state index contributed by atoms with van der Waals surface area (Å²) in [5.74, 6) is -0.449. The molecule has 1 aromatic rings. The number of hydrogen-bond acceptors (Lipinski definition) is 1. The molecule has 0 amide bonds. The molecule has 0 aromatic carbocycles. The van der Waals surface area contributed by atoms with Crippen molar-refractivity contribution in [3.05, 3.63) is 28.2 Å². The average Bonchev–Trinajstić information content (AvgIpc) is 2.02. The Labute approximate surface area is 74.8 Å². The third-order valence-electron chi connectivity index (χ3n) is 0.942. The lowest BCUT2D eigenvalue weighted by atomic mass is 10.4. The molecule has 0 atom stereocenters. The molecule has 0 aliphatic rings. The molecule has 0 saturated carbocycles. The molecule has 3 heteroatoms. The van der Waals surface area contributed by atoms with Crippen molar-refractivity contribution in [2.24, 2.45) is 0 Å². The summed E-state index contributed by atoms with van der Waals surface area (Å²) in [6.45, 7) is 5.75. The molecule has 1 heterocycles. The van der Waals surface area contributed by atoms with Gasteiger partial charge in [-0.2, -0.15) is 4.39 Å². The zero-order valence-corrected chi connectivity index (χ0v) is 8.44. The smallest absolute Gasteiger partial charge is 0.224 e. The lowest BCUT2D eigenvalue weighted by Gasteiger charge is -1.92. The van der Waals surface area contributed by atoms with E-state index in [1.807, 2.05) is 13.8 Å². The monoisotopic (exact) mass is 219 g/mol. The van der Waals surface area contributed by atoms with Gasteiger partial charge in [-0.05, 0) is 35.0 Å². The number of aryl methyl sites for hydroxylation is 1. The highest BCUT2D eigenvalue weighted by Crippen LogP contribution is 2.11. The molecule has 0 radical (unpaired) electrons. The summed E-state index contributed by atoms with van der Waals surface area (Å²) >= 11 is 2.99. The van der Waals surface area contributed by atoms with Crippen LogP contribution in [0, 0.1) is 12.9 Å². The molecule has 0 unspecified atom stereocenters.